The molecule has 1 aromatic rings. The van der Waals surface area contributed by atoms with E-state index in [0.29, 0.717) is 0 Å². The molecule has 0 spiro atoms. The molecule has 1 aliphatic heterocycles. The molecule has 0 saturated carbocycles. The van der Waals surface area contributed by atoms with E-state index in [2.05, 4.69) is 10.0 Å². The Morgan fingerprint density at radius 3 is 2.33 bits per heavy atom. The number of aliphatic hydroxyl groups excluding tert-OH is 3. The van der Waals surface area contributed by atoms with Crippen LogP contribution in [-0.2, 0) is 24.3 Å². The highest BCUT2D eigenvalue weighted by Gasteiger charge is 2.44. The van der Waals surface area contributed by atoms with Gasteiger partial charge in [0.05, 0.1) is 23.6 Å². The van der Waals surface area contributed by atoms with Crippen molar-refractivity contribution in [2.45, 2.75) is 42.2 Å². The molecule has 0 fully saturated rings. The minimum atomic E-state index is -4.32. The van der Waals surface area contributed by atoms with Crippen LogP contribution in [0.2, 0.25) is 0 Å². The van der Waals surface area contributed by atoms with Crippen molar-refractivity contribution in [3.63, 3.8) is 0 Å². The Labute approximate surface area is 170 Å². The third-order valence-electron chi connectivity index (χ3n) is 4.25. The number of benzene rings is 1. The van der Waals surface area contributed by atoms with E-state index in [1.807, 2.05) is 0 Å². The molecule has 13 heteroatoms. The van der Waals surface area contributed by atoms with Crippen LogP contribution >= 0.6 is 0 Å². The standard InChI is InChI=1S/C17H21FN2O9S/c1-8(22)19-14-11(20-30(27,28)10-4-2-9(18)3-5-10)6-13(17(25)26)29-16(14)15(24)12(23)7-21/h2-6,11-12,14-16,20-21,23-24H,7H2,1H3,(H,19,22)(H,25,26). The number of sulfonamides is 1. The number of aliphatic hydroxyl groups is 3. The van der Waals surface area contributed by atoms with Gasteiger partial charge in [0, 0.05) is 6.92 Å². The average Bonchev–Trinajstić information content (AvgIpc) is 2.67. The predicted octanol–water partition coefficient (Wildman–Crippen LogP) is -1.94. The summed E-state index contributed by atoms with van der Waals surface area (Å²) in [5.41, 5.74) is 0. The highest BCUT2D eigenvalue weighted by molar-refractivity contribution is 7.89. The normalized spacial score (nSPS) is 23.6. The van der Waals surface area contributed by atoms with Crippen molar-refractivity contribution in [3.05, 3.63) is 41.9 Å². The lowest BCUT2D eigenvalue weighted by Crippen LogP contribution is -2.63. The minimum Gasteiger partial charge on any atom is -0.478 e. The fourth-order valence-electron chi connectivity index (χ4n) is 2.84. The molecule has 6 N–H and O–H groups in total. The molecule has 1 aliphatic rings. The molecular formula is C17H21FN2O9S. The summed E-state index contributed by atoms with van der Waals surface area (Å²) < 4.78 is 45.8. The summed E-state index contributed by atoms with van der Waals surface area (Å²) in [4.78, 5) is 22.7. The second-order valence-corrected chi connectivity index (χ2v) is 8.20. The maximum atomic E-state index is 13.1. The molecule has 1 amide bonds. The molecule has 166 valence electrons. The third kappa shape index (κ3) is 5.52. The molecule has 0 aliphatic carbocycles. The lowest BCUT2D eigenvalue weighted by atomic mass is 9.92. The molecule has 11 nitrogen and oxygen atoms in total. The molecule has 30 heavy (non-hydrogen) atoms. The van der Waals surface area contributed by atoms with Crippen LogP contribution in [0, 0.1) is 5.82 Å². The van der Waals surface area contributed by atoms with Crippen LogP contribution in [0.3, 0.4) is 0 Å². The van der Waals surface area contributed by atoms with Gasteiger partial charge in [-0.1, -0.05) is 0 Å². The number of hydrogen-bond acceptors (Lipinski definition) is 8. The maximum Gasteiger partial charge on any atom is 0.370 e. The van der Waals surface area contributed by atoms with Gasteiger partial charge in [0.15, 0.2) is 0 Å². The summed E-state index contributed by atoms with van der Waals surface area (Å²) in [5.74, 6) is -3.70. The second-order valence-electron chi connectivity index (χ2n) is 6.49. The number of rotatable bonds is 8. The third-order valence-corrected chi connectivity index (χ3v) is 5.72. The molecular weight excluding hydrogens is 427 g/mol. The minimum absolute atomic E-state index is 0.338. The SMILES string of the molecule is CC(=O)NC1C(NS(=O)(=O)c2ccc(F)cc2)C=C(C(=O)O)OC1C(O)C(O)CO. The van der Waals surface area contributed by atoms with Crippen LogP contribution in [0.5, 0.6) is 0 Å². The number of hydrogen-bond donors (Lipinski definition) is 6. The van der Waals surface area contributed by atoms with Crippen molar-refractivity contribution in [2.75, 3.05) is 6.61 Å². The number of ether oxygens (including phenoxy) is 1. The summed E-state index contributed by atoms with van der Waals surface area (Å²) in [6, 6.07) is 0.979. The highest BCUT2D eigenvalue weighted by Crippen LogP contribution is 2.24. The van der Waals surface area contributed by atoms with E-state index < -0.39 is 70.5 Å². The van der Waals surface area contributed by atoms with Crippen molar-refractivity contribution in [2.24, 2.45) is 0 Å². The van der Waals surface area contributed by atoms with Gasteiger partial charge in [-0.2, -0.15) is 0 Å². The van der Waals surface area contributed by atoms with Crippen LogP contribution in [0.25, 0.3) is 0 Å². The van der Waals surface area contributed by atoms with E-state index in [4.69, 9.17) is 9.84 Å². The van der Waals surface area contributed by atoms with Gasteiger partial charge < -0.3 is 30.5 Å². The van der Waals surface area contributed by atoms with Crippen molar-refractivity contribution >= 4 is 21.9 Å². The van der Waals surface area contributed by atoms with Gasteiger partial charge in [-0.25, -0.2) is 22.3 Å². The number of aliphatic carboxylic acids is 1. The van der Waals surface area contributed by atoms with Crippen LogP contribution in [-0.4, -0.2) is 77.7 Å². The molecule has 0 bridgehead atoms. The van der Waals surface area contributed by atoms with Gasteiger partial charge in [-0.15, -0.1) is 0 Å². The van der Waals surface area contributed by atoms with Crippen LogP contribution in [0.4, 0.5) is 4.39 Å². The van der Waals surface area contributed by atoms with E-state index in [0.717, 1.165) is 37.3 Å². The predicted molar refractivity (Wildman–Crippen MR) is 97.8 cm³/mol. The second kappa shape index (κ2) is 9.49. The zero-order valence-corrected chi connectivity index (χ0v) is 16.4. The highest BCUT2D eigenvalue weighted by atomic mass is 32.2. The lowest BCUT2D eigenvalue weighted by Gasteiger charge is -2.39. The first-order chi connectivity index (χ1) is 14.0. The van der Waals surface area contributed by atoms with E-state index in [-0.39, 0.29) is 4.90 Å². The zero-order valence-electron chi connectivity index (χ0n) is 15.6. The number of carbonyl (C=O) groups is 2. The number of carbonyl (C=O) groups excluding carboxylic acids is 1. The van der Waals surface area contributed by atoms with Crippen LogP contribution in [0.1, 0.15) is 6.92 Å². The Balaban J connectivity index is 2.47. The van der Waals surface area contributed by atoms with Gasteiger partial charge in [-0.05, 0) is 30.3 Å². The van der Waals surface area contributed by atoms with Gasteiger partial charge in [0.2, 0.25) is 21.7 Å². The summed E-state index contributed by atoms with van der Waals surface area (Å²) in [6.07, 6.45) is -4.41. The first-order valence-corrected chi connectivity index (χ1v) is 10.1. The van der Waals surface area contributed by atoms with Crippen molar-refractivity contribution in [1.82, 2.24) is 10.0 Å². The molecule has 1 heterocycles. The van der Waals surface area contributed by atoms with E-state index in [9.17, 15) is 37.7 Å². The number of carboxylic acids is 1. The molecule has 5 atom stereocenters. The van der Waals surface area contributed by atoms with E-state index in [1.54, 1.807) is 0 Å². The van der Waals surface area contributed by atoms with Gasteiger partial charge in [0.25, 0.3) is 0 Å². The quantitative estimate of drug-likeness (QED) is 0.263. The Kier molecular flexibility index (Phi) is 7.49. The summed E-state index contributed by atoms with van der Waals surface area (Å²) in [6.45, 7) is 0.180. The molecule has 2 rings (SSSR count). The Bertz CT molecular complexity index is 920. The number of halogens is 1. The molecule has 1 aromatic carbocycles. The Hall–Kier alpha value is -2.58. The largest absolute Gasteiger partial charge is 0.478 e. The Morgan fingerprint density at radius 2 is 1.83 bits per heavy atom. The molecule has 5 unspecified atom stereocenters. The average molecular weight is 448 g/mol. The van der Waals surface area contributed by atoms with Crippen molar-refractivity contribution < 1.29 is 47.6 Å². The topological polar surface area (TPSA) is 182 Å². The van der Waals surface area contributed by atoms with E-state index >= 15 is 0 Å². The first kappa shape index (κ1) is 23.7. The van der Waals surface area contributed by atoms with Gasteiger partial charge in [0.1, 0.15) is 24.1 Å². The number of nitrogens with one attached hydrogen (secondary N) is 2. The summed E-state index contributed by atoms with van der Waals surface area (Å²) in [5, 5.41) is 40.7. The zero-order chi connectivity index (χ0) is 22.6. The molecule has 0 radical (unpaired) electrons. The smallest absolute Gasteiger partial charge is 0.370 e. The van der Waals surface area contributed by atoms with Crippen molar-refractivity contribution in [1.29, 1.82) is 0 Å². The molecule has 0 aromatic heterocycles. The Morgan fingerprint density at radius 1 is 1.23 bits per heavy atom. The van der Waals surface area contributed by atoms with Crippen LogP contribution in [0.15, 0.2) is 41.0 Å². The number of carboxylic acid groups (broad SMARTS) is 1. The fraction of sp³-hybridized carbons (Fsp3) is 0.412. The summed E-state index contributed by atoms with van der Waals surface area (Å²) >= 11 is 0. The van der Waals surface area contributed by atoms with Crippen LogP contribution < -0.4 is 10.0 Å². The van der Waals surface area contributed by atoms with Gasteiger partial charge >= 0.3 is 5.97 Å². The number of amides is 1. The fourth-order valence-corrected chi connectivity index (χ4v) is 4.04. The summed E-state index contributed by atoms with van der Waals surface area (Å²) in [7, 11) is -4.32. The monoisotopic (exact) mass is 448 g/mol. The van der Waals surface area contributed by atoms with Gasteiger partial charge in [-0.3, -0.25) is 4.79 Å². The van der Waals surface area contributed by atoms with Crippen molar-refractivity contribution in [3.8, 4) is 0 Å². The van der Waals surface area contributed by atoms with E-state index in [1.165, 1.54) is 0 Å². The lowest BCUT2D eigenvalue weighted by molar-refractivity contribution is -0.146. The maximum absolute atomic E-state index is 13.1. The molecule has 0 saturated heterocycles. The first-order valence-electron chi connectivity index (χ1n) is 8.60.